The molecule has 1 unspecified atom stereocenters. The number of nitrogens with zero attached hydrogens (tertiary/aromatic N) is 2. The van der Waals surface area contributed by atoms with Crippen LogP contribution in [0.1, 0.15) is 19.0 Å². The third-order valence-corrected chi connectivity index (χ3v) is 3.03. The predicted octanol–water partition coefficient (Wildman–Crippen LogP) is 3.09. The largest absolute Gasteiger partial charge is 0.433 e. The first-order valence-electron chi connectivity index (χ1n) is 5.76. The number of alkyl halides is 3. The molecule has 8 heteroatoms. The van der Waals surface area contributed by atoms with Crippen molar-refractivity contribution in [3.8, 4) is 0 Å². The highest BCUT2D eigenvalue weighted by Crippen LogP contribution is 2.29. The SMILES string of the molecule is CNc1nc(NC(C)CCSC)cc(C(F)(F)F)n1. The number of thioether (sulfide) groups is 1. The van der Waals surface area contributed by atoms with Gasteiger partial charge in [0.2, 0.25) is 5.95 Å². The maximum Gasteiger partial charge on any atom is 0.433 e. The zero-order valence-corrected chi connectivity index (χ0v) is 11.8. The van der Waals surface area contributed by atoms with Crippen molar-refractivity contribution in [3.05, 3.63) is 11.8 Å². The normalized spacial score (nSPS) is 13.2. The van der Waals surface area contributed by atoms with Crippen LogP contribution in [0, 0.1) is 0 Å². The summed E-state index contributed by atoms with van der Waals surface area (Å²) in [7, 11) is 1.48. The number of anilines is 2. The first kappa shape index (κ1) is 15.9. The third-order valence-electron chi connectivity index (χ3n) is 2.39. The van der Waals surface area contributed by atoms with E-state index < -0.39 is 11.9 Å². The van der Waals surface area contributed by atoms with Crippen molar-refractivity contribution in [2.45, 2.75) is 25.6 Å². The third kappa shape index (κ3) is 5.14. The average molecular weight is 294 g/mol. The minimum absolute atomic E-state index is 0.0469. The van der Waals surface area contributed by atoms with E-state index in [9.17, 15) is 13.2 Å². The van der Waals surface area contributed by atoms with E-state index >= 15 is 0 Å². The number of nitrogens with one attached hydrogen (secondary N) is 2. The van der Waals surface area contributed by atoms with Crippen LogP contribution in [0.2, 0.25) is 0 Å². The smallest absolute Gasteiger partial charge is 0.367 e. The van der Waals surface area contributed by atoms with Crippen molar-refractivity contribution in [3.63, 3.8) is 0 Å². The van der Waals surface area contributed by atoms with Crippen molar-refractivity contribution >= 4 is 23.5 Å². The molecule has 0 fully saturated rings. The molecular weight excluding hydrogens is 277 g/mol. The number of hydrogen-bond donors (Lipinski definition) is 2. The second-order valence-electron chi connectivity index (χ2n) is 4.04. The molecule has 0 saturated heterocycles. The van der Waals surface area contributed by atoms with Crippen LogP contribution < -0.4 is 10.6 Å². The molecule has 0 aliphatic carbocycles. The Kier molecular flexibility index (Phi) is 5.71. The van der Waals surface area contributed by atoms with E-state index in [-0.39, 0.29) is 17.8 Å². The van der Waals surface area contributed by atoms with Gasteiger partial charge in [0.1, 0.15) is 5.82 Å². The molecule has 0 bridgehead atoms. The molecular formula is C11H17F3N4S. The summed E-state index contributed by atoms with van der Waals surface area (Å²) < 4.78 is 38.0. The maximum absolute atomic E-state index is 12.7. The second-order valence-corrected chi connectivity index (χ2v) is 5.02. The average Bonchev–Trinajstić information content (AvgIpc) is 2.34. The summed E-state index contributed by atoms with van der Waals surface area (Å²) in [4.78, 5) is 7.37. The lowest BCUT2D eigenvalue weighted by Crippen LogP contribution is -2.19. The van der Waals surface area contributed by atoms with Gasteiger partial charge in [0.25, 0.3) is 0 Å². The molecule has 0 aliphatic heterocycles. The Morgan fingerprint density at radius 3 is 2.58 bits per heavy atom. The summed E-state index contributed by atoms with van der Waals surface area (Å²) in [6.45, 7) is 1.91. The summed E-state index contributed by atoms with van der Waals surface area (Å²) in [6.07, 6.45) is -1.65. The van der Waals surface area contributed by atoms with Crippen LogP contribution in [0.3, 0.4) is 0 Å². The fourth-order valence-electron chi connectivity index (χ4n) is 1.40. The summed E-state index contributed by atoms with van der Waals surface area (Å²) in [5.74, 6) is 1.07. The molecule has 0 spiro atoms. The van der Waals surface area contributed by atoms with Gasteiger partial charge >= 0.3 is 6.18 Å². The van der Waals surface area contributed by atoms with E-state index in [1.165, 1.54) is 7.05 Å². The Morgan fingerprint density at radius 2 is 2.05 bits per heavy atom. The second kappa shape index (κ2) is 6.83. The quantitative estimate of drug-likeness (QED) is 0.844. The van der Waals surface area contributed by atoms with Gasteiger partial charge in [0.05, 0.1) is 0 Å². The molecule has 1 rings (SSSR count). The van der Waals surface area contributed by atoms with E-state index in [0.717, 1.165) is 18.2 Å². The van der Waals surface area contributed by atoms with Gasteiger partial charge < -0.3 is 10.6 Å². The molecule has 2 N–H and O–H groups in total. The fourth-order valence-corrected chi connectivity index (χ4v) is 1.99. The van der Waals surface area contributed by atoms with Crippen LogP contribution >= 0.6 is 11.8 Å². The number of rotatable bonds is 6. The van der Waals surface area contributed by atoms with E-state index in [2.05, 4.69) is 20.6 Å². The zero-order valence-electron chi connectivity index (χ0n) is 11.0. The lowest BCUT2D eigenvalue weighted by molar-refractivity contribution is -0.141. The topological polar surface area (TPSA) is 49.8 Å². The van der Waals surface area contributed by atoms with Crippen LogP contribution in [0.5, 0.6) is 0 Å². The Hall–Kier alpha value is -1.18. The highest BCUT2D eigenvalue weighted by molar-refractivity contribution is 7.98. The van der Waals surface area contributed by atoms with Crippen molar-refractivity contribution in [1.82, 2.24) is 9.97 Å². The van der Waals surface area contributed by atoms with Crippen molar-refractivity contribution in [1.29, 1.82) is 0 Å². The molecule has 0 saturated carbocycles. The molecule has 4 nitrogen and oxygen atoms in total. The minimum atomic E-state index is -4.48. The van der Waals surface area contributed by atoms with Crippen molar-refractivity contribution in [2.24, 2.45) is 0 Å². The Labute approximate surface area is 114 Å². The molecule has 0 radical (unpaired) electrons. The molecule has 1 heterocycles. The molecule has 1 atom stereocenters. The number of halogens is 3. The van der Waals surface area contributed by atoms with Crippen LogP contribution in [-0.2, 0) is 6.18 Å². The summed E-state index contributed by atoms with van der Waals surface area (Å²) in [5.41, 5.74) is -0.952. The molecule has 0 amide bonds. The predicted molar refractivity (Wildman–Crippen MR) is 72.7 cm³/mol. The lowest BCUT2D eigenvalue weighted by atomic mass is 10.2. The summed E-state index contributed by atoms with van der Waals surface area (Å²) in [6, 6.07) is 0.976. The van der Waals surface area contributed by atoms with Crippen molar-refractivity contribution < 1.29 is 13.2 Å². The standard InChI is InChI=1S/C11H17F3N4S/c1-7(4-5-19-3)16-9-6-8(11(12,13)14)17-10(15-2)18-9/h6-7H,4-5H2,1-3H3,(H2,15,16,17,18). The van der Waals surface area contributed by atoms with E-state index in [1.54, 1.807) is 11.8 Å². The lowest BCUT2D eigenvalue weighted by Gasteiger charge is -2.16. The summed E-state index contributed by atoms with van der Waals surface area (Å²) in [5, 5.41) is 5.49. The van der Waals surface area contributed by atoms with Crippen LogP contribution in [0.25, 0.3) is 0 Å². The van der Waals surface area contributed by atoms with Gasteiger partial charge in [0.15, 0.2) is 5.69 Å². The van der Waals surface area contributed by atoms with E-state index in [0.29, 0.717) is 0 Å². The molecule has 1 aromatic heterocycles. The summed E-state index contributed by atoms with van der Waals surface area (Å²) >= 11 is 1.69. The number of aromatic nitrogens is 2. The van der Waals surface area contributed by atoms with Gasteiger partial charge in [-0.15, -0.1) is 0 Å². The highest BCUT2D eigenvalue weighted by Gasteiger charge is 2.33. The monoisotopic (exact) mass is 294 g/mol. The highest BCUT2D eigenvalue weighted by atomic mass is 32.2. The van der Waals surface area contributed by atoms with E-state index in [1.807, 2.05) is 13.2 Å². The van der Waals surface area contributed by atoms with Gasteiger partial charge in [-0.3, -0.25) is 0 Å². The molecule has 1 aromatic rings. The van der Waals surface area contributed by atoms with Crippen molar-refractivity contribution in [2.75, 3.05) is 29.7 Å². The fraction of sp³-hybridized carbons (Fsp3) is 0.636. The van der Waals surface area contributed by atoms with Gasteiger partial charge in [0, 0.05) is 19.2 Å². The Bertz CT molecular complexity index is 411. The van der Waals surface area contributed by atoms with Crippen LogP contribution in [-0.4, -0.2) is 35.1 Å². The van der Waals surface area contributed by atoms with Gasteiger partial charge in [-0.1, -0.05) is 0 Å². The van der Waals surface area contributed by atoms with E-state index in [4.69, 9.17) is 0 Å². The maximum atomic E-state index is 12.7. The van der Waals surface area contributed by atoms with Crippen LogP contribution in [0.15, 0.2) is 6.07 Å². The van der Waals surface area contributed by atoms with Gasteiger partial charge in [-0.25, -0.2) is 4.98 Å². The molecule has 0 aliphatic rings. The molecule has 108 valence electrons. The van der Waals surface area contributed by atoms with Gasteiger partial charge in [-0.05, 0) is 25.4 Å². The first-order valence-corrected chi connectivity index (χ1v) is 7.15. The Morgan fingerprint density at radius 1 is 1.37 bits per heavy atom. The number of hydrogen-bond acceptors (Lipinski definition) is 5. The Balaban J connectivity index is 2.88. The van der Waals surface area contributed by atoms with Gasteiger partial charge in [-0.2, -0.15) is 29.9 Å². The molecule has 0 aromatic carbocycles. The minimum Gasteiger partial charge on any atom is -0.367 e. The van der Waals surface area contributed by atoms with Crippen LogP contribution in [0.4, 0.5) is 24.9 Å². The zero-order chi connectivity index (χ0) is 14.5. The molecule has 19 heavy (non-hydrogen) atoms. The first-order chi connectivity index (χ1) is 8.86.